The highest BCUT2D eigenvalue weighted by Crippen LogP contribution is 2.55. The summed E-state index contributed by atoms with van der Waals surface area (Å²) in [7, 11) is -3.35. The molecule has 1 aromatic heterocycles. The van der Waals surface area contributed by atoms with Gasteiger partial charge in [0.25, 0.3) is 0 Å². The molecule has 0 aliphatic heterocycles. The molecule has 0 atom stereocenters. The van der Waals surface area contributed by atoms with Crippen molar-refractivity contribution in [1.29, 1.82) is 0 Å². The number of carbonyl (C=O) groups excluding carboxylic acids is 1. The third kappa shape index (κ3) is 4.67. The Morgan fingerprint density at radius 2 is 1.82 bits per heavy atom. The SMILES string of the molecule is CC(C)(CO)NC(=O)Nc1ccc(-c2nc(N)cc(C3(S(=O)(=O)C4CCCC4)CC3)n2)cc1. The first-order valence-corrected chi connectivity index (χ1v) is 12.8. The maximum atomic E-state index is 13.4. The van der Waals surface area contributed by atoms with Gasteiger partial charge in [-0.25, -0.2) is 23.2 Å². The molecule has 4 rings (SSSR count). The fourth-order valence-electron chi connectivity index (χ4n) is 4.36. The van der Waals surface area contributed by atoms with Gasteiger partial charge < -0.3 is 21.5 Å². The number of benzene rings is 1. The summed E-state index contributed by atoms with van der Waals surface area (Å²) in [6.45, 7) is 3.24. The van der Waals surface area contributed by atoms with Crippen molar-refractivity contribution in [2.75, 3.05) is 17.7 Å². The molecule has 2 saturated carbocycles. The molecule has 33 heavy (non-hydrogen) atoms. The van der Waals surface area contributed by atoms with E-state index in [-0.39, 0.29) is 17.7 Å². The van der Waals surface area contributed by atoms with Crippen molar-refractivity contribution in [1.82, 2.24) is 15.3 Å². The number of urea groups is 1. The molecule has 1 aromatic carbocycles. The van der Waals surface area contributed by atoms with Crippen molar-refractivity contribution in [2.45, 2.75) is 67.9 Å². The minimum Gasteiger partial charge on any atom is -0.394 e. The molecule has 0 radical (unpaired) electrons. The monoisotopic (exact) mass is 473 g/mol. The molecule has 10 heteroatoms. The number of aliphatic hydroxyl groups is 1. The van der Waals surface area contributed by atoms with Gasteiger partial charge in [0.1, 0.15) is 10.6 Å². The molecule has 2 aliphatic carbocycles. The summed E-state index contributed by atoms with van der Waals surface area (Å²) in [4.78, 5) is 21.1. The topological polar surface area (TPSA) is 147 Å². The molecular weight excluding hydrogens is 442 g/mol. The minimum absolute atomic E-state index is 0.188. The summed E-state index contributed by atoms with van der Waals surface area (Å²) in [5.74, 6) is 0.589. The van der Waals surface area contributed by atoms with Gasteiger partial charge in [0.05, 0.1) is 23.1 Å². The standard InChI is InChI=1S/C23H31N5O4S/c1-22(2,14-29)28-21(30)25-16-9-7-15(8-10-16)20-26-18(13-19(24)27-20)23(11-12-23)33(31,32)17-5-3-4-6-17/h7-10,13,17,29H,3-6,11-12,14H2,1-2H3,(H2,24,26,27)(H2,25,28,30). The quantitative estimate of drug-likeness (QED) is 0.483. The van der Waals surface area contributed by atoms with E-state index in [1.165, 1.54) is 0 Å². The van der Waals surface area contributed by atoms with Crippen molar-refractivity contribution >= 4 is 27.4 Å². The van der Waals surface area contributed by atoms with E-state index in [1.807, 2.05) is 0 Å². The number of sulfone groups is 1. The van der Waals surface area contributed by atoms with E-state index in [4.69, 9.17) is 5.73 Å². The van der Waals surface area contributed by atoms with Gasteiger partial charge in [-0.1, -0.05) is 12.8 Å². The molecule has 2 amide bonds. The van der Waals surface area contributed by atoms with E-state index < -0.39 is 26.2 Å². The Balaban J connectivity index is 1.56. The zero-order valence-electron chi connectivity index (χ0n) is 19.0. The molecule has 0 spiro atoms. The molecule has 2 fully saturated rings. The lowest BCUT2D eigenvalue weighted by molar-refractivity contribution is 0.187. The van der Waals surface area contributed by atoms with Crippen LogP contribution in [-0.4, -0.2) is 46.9 Å². The lowest BCUT2D eigenvalue weighted by Gasteiger charge is -2.23. The highest BCUT2D eigenvalue weighted by Gasteiger charge is 2.59. The van der Waals surface area contributed by atoms with Crippen LogP contribution in [-0.2, 0) is 14.6 Å². The number of aromatic nitrogens is 2. The maximum Gasteiger partial charge on any atom is 0.319 e. The molecule has 9 nitrogen and oxygen atoms in total. The summed E-state index contributed by atoms with van der Waals surface area (Å²) in [6, 6.07) is 8.06. The molecular formula is C23H31N5O4S. The van der Waals surface area contributed by atoms with Crippen molar-refractivity contribution in [3.63, 3.8) is 0 Å². The number of nitrogens with two attached hydrogens (primary N) is 1. The second kappa shape index (κ2) is 8.57. The van der Waals surface area contributed by atoms with Gasteiger partial charge in [0.2, 0.25) is 0 Å². The van der Waals surface area contributed by atoms with Gasteiger partial charge in [-0.2, -0.15) is 0 Å². The number of nitrogens with zero attached hydrogens (tertiary/aromatic N) is 2. The Morgan fingerprint density at radius 1 is 1.18 bits per heavy atom. The normalized spacial score (nSPS) is 18.2. The number of nitrogen functional groups attached to an aromatic ring is 1. The van der Waals surface area contributed by atoms with Crippen LogP contribution in [0.4, 0.5) is 16.3 Å². The Hall–Kier alpha value is -2.72. The largest absolute Gasteiger partial charge is 0.394 e. The number of rotatable bonds is 7. The first-order chi connectivity index (χ1) is 15.6. The molecule has 0 saturated heterocycles. The average Bonchev–Trinajstić information content (AvgIpc) is 3.40. The van der Waals surface area contributed by atoms with Crippen LogP contribution in [0, 0.1) is 0 Å². The van der Waals surface area contributed by atoms with E-state index in [2.05, 4.69) is 20.6 Å². The molecule has 0 bridgehead atoms. The number of amides is 2. The summed E-state index contributed by atoms with van der Waals surface area (Å²) < 4.78 is 25.8. The van der Waals surface area contributed by atoms with Crippen LogP contribution < -0.4 is 16.4 Å². The van der Waals surface area contributed by atoms with E-state index >= 15 is 0 Å². The highest BCUT2D eigenvalue weighted by atomic mass is 32.2. The van der Waals surface area contributed by atoms with E-state index in [0.717, 1.165) is 25.7 Å². The van der Waals surface area contributed by atoms with Crippen LogP contribution in [0.25, 0.3) is 11.4 Å². The first kappa shape index (κ1) is 23.4. The third-order valence-corrected chi connectivity index (χ3v) is 9.51. The Morgan fingerprint density at radius 3 is 2.39 bits per heavy atom. The van der Waals surface area contributed by atoms with Gasteiger partial charge in [0.15, 0.2) is 15.7 Å². The molecule has 178 valence electrons. The van der Waals surface area contributed by atoms with Crippen molar-refractivity contribution in [3.05, 3.63) is 36.0 Å². The fourth-order valence-corrected chi connectivity index (χ4v) is 7.02. The summed E-state index contributed by atoms with van der Waals surface area (Å²) in [6.07, 6.45) is 4.46. The van der Waals surface area contributed by atoms with Crippen LogP contribution in [0.3, 0.4) is 0 Å². The van der Waals surface area contributed by atoms with Crippen LogP contribution in [0.1, 0.15) is 58.1 Å². The first-order valence-electron chi connectivity index (χ1n) is 11.3. The average molecular weight is 474 g/mol. The van der Waals surface area contributed by atoms with E-state index in [0.29, 0.717) is 35.6 Å². The van der Waals surface area contributed by atoms with Crippen LogP contribution in [0.2, 0.25) is 0 Å². The number of anilines is 2. The molecule has 2 aromatic rings. The zero-order chi connectivity index (χ0) is 23.9. The molecule has 2 aliphatic rings. The van der Waals surface area contributed by atoms with E-state index in [1.54, 1.807) is 44.2 Å². The van der Waals surface area contributed by atoms with Crippen LogP contribution >= 0.6 is 0 Å². The van der Waals surface area contributed by atoms with Gasteiger partial charge in [-0.05, 0) is 63.8 Å². The van der Waals surface area contributed by atoms with Crippen molar-refractivity contribution in [3.8, 4) is 11.4 Å². The maximum absolute atomic E-state index is 13.4. The predicted octanol–water partition coefficient (Wildman–Crippen LogP) is 2.96. The van der Waals surface area contributed by atoms with Crippen LogP contribution in [0.5, 0.6) is 0 Å². The lowest BCUT2D eigenvalue weighted by Crippen LogP contribution is -2.48. The van der Waals surface area contributed by atoms with Gasteiger partial charge in [0, 0.05) is 17.3 Å². The molecule has 5 N–H and O–H groups in total. The smallest absolute Gasteiger partial charge is 0.319 e. The Labute approximate surface area is 194 Å². The van der Waals surface area contributed by atoms with Crippen molar-refractivity contribution in [2.24, 2.45) is 0 Å². The Kier molecular flexibility index (Phi) is 6.09. The second-order valence-corrected chi connectivity index (χ2v) is 12.2. The molecule has 1 heterocycles. The van der Waals surface area contributed by atoms with E-state index in [9.17, 15) is 18.3 Å². The predicted molar refractivity (Wildman–Crippen MR) is 127 cm³/mol. The summed E-state index contributed by atoms with van der Waals surface area (Å²) in [5.41, 5.74) is 7.01. The van der Waals surface area contributed by atoms with Crippen LogP contribution in [0.15, 0.2) is 30.3 Å². The van der Waals surface area contributed by atoms with Gasteiger partial charge in [-0.3, -0.25) is 0 Å². The number of nitrogens with one attached hydrogen (secondary N) is 2. The fraction of sp³-hybridized carbons (Fsp3) is 0.522. The second-order valence-electron chi connectivity index (χ2n) is 9.65. The Bertz CT molecular complexity index is 1140. The van der Waals surface area contributed by atoms with Crippen molar-refractivity contribution < 1.29 is 18.3 Å². The zero-order valence-corrected chi connectivity index (χ0v) is 19.8. The summed E-state index contributed by atoms with van der Waals surface area (Å²) in [5, 5.41) is 14.4. The number of hydrogen-bond donors (Lipinski definition) is 4. The molecule has 0 unspecified atom stereocenters. The third-order valence-electron chi connectivity index (χ3n) is 6.45. The number of hydrogen-bond acceptors (Lipinski definition) is 7. The number of carbonyl (C=O) groups is 1. The lowest BCUT2D eigenvalue weighted by atomic mass is 10.1. The van der Waals surface area contributed by atoms with Gasteiger partial charge in [-0.15, -0.1) is 0 Å². The number of aliphatic hydroxyl groups excluding tert-OH is 1. The summed E-state index contributed by atoms with van der Waals surface area (Å²) >= 11 is 0. The highest BCUT2D eigenvalue weighted by molar-refractivity contribution is 7.93. The van der Waals surface area contributed by atoms with Gasteiger partial charge >= 0.3 is 6.03 Å². The minimum atomic E-state index is -3.35.